The summed E-state index contributed by atoms with van der Waals surface area (Å²) in [5.41, 5.74) is 0.698. The van der Waals surface area contributed by atoms with Crippen LogP contribution in [-0.2, 0) is 9.53 Å². The van der Waals surface area contributed by atoms with Crippen LogP contribution in [0, 0.1) is 12.7 Å². The van der Waals surface area contributed by atoms with Gasteiger partial charge in [-0.15, -0.1) is 0 Å². The Morgan fingerprint density at radius 3 is 2.73 bits per heavy atom. The smallest absolute Gasteiger partial charge is 0.252 e. The number of hydrogen-bond donors (Lipinski definition) is 3. The second-order valence-electron chi connectivity index (χ2n) is 9.04. The maximum Gasteiger partial charge on any atom is 0.252 e. The van der Waals surface area contributed by atoms with Crippen molar-refractivity contribution >= 4 is 29.1 Å². The van der Waals surface area contributed by atoms with Crippen molar-refractivity contribution in [3.05, 3.63) is 70.9 Å². The van der Waals surface area contributed by atoms with Crippen LogP contribution in [0.2, 0.25) is 5.02 Å². The number of aromatic amines is 1. The average Bonchev–Trinajstić information content (AvgIpc) is 3.48. The number of aromatic nitrogens is 7. The molecule has 1 fully saturated rings. The SMILES string of the molecule is CO[C@]1(C(=O)N[C@@H](C)c2ccc(-n3cc(F)cn3)nc2)C[C@H](c2ncc(Cl)c(Nc3cc(C)[nH]n3)n2)C1. The first kappa shape index (κ1) is 24.8. The summed E-state index contributed by atoms with van der Waals surface area (Å²) in [6, 6.07) is 5.04. The Bertz CT molecular complexity index is 1420. The number of ether oxygens (including phenoxy) is 1. The zero-order chi connectivity index (χ0) is 26.2. The van der Waals surface area contributed by atoms with Crippen molar-refractivity contribution in [2.45, 2.75) is 44.2 Å². The summed E-state index contributed by atoms with van der Waals surface area (Å²) in [6.45, 7) is 3.75. The van der Waals surface area contributed by atoms with E-state index in [1.165, 1.54) is 24.2 Å². The summed E-state index contributed by atoms with van der Waals surface area (Å²) in [6.07, 6.45) is 6.36. The van der Waals surface area contributed by atoms with Crippen LogP contribution in [0.5, 0.6) is 0 Å². The van der Waals surface area contributed by atoms with Gasteiger partial charge in [0, 0.05) is 31.0 Å². The molecule has 37 heavy (non-hydrogen) atoms. The summed E-state index contributed by atoms with van der Waals surface area (Å²) in [4.78, 5) is 26.5. The highest BCUT2D eigenvalue weighted by atomic mass is 35.5. The third-order valence-electron chi connectivity index (χ3n) is 6.44. The largest absolute Gasteiger partial charge is 0.368 e. The van der Waals surface area contributed by atoms with Gasteiger partial charge in [-0.05, 0) is 38.3 Å². The Kier molecular flexibility index (Phi) is 6.61. The summed E-state index contributed by atoms with van der Waals surface area (Å²) in [5, 5.41) is 17.4. The van der Waals surface area contributed by atoms with Crippen LogP contribution in [-0.4, -0.2) is 53.5 Å². The Balaban J connectivity index is 1.23. The molecule has 0 spiro atoms. The molecule has 4 aromatic rings. The Morgan fingerprint density at radius 2 is 2.11 bits per heavy atom. The molecule has 0 bridgehead atoms. The Morgan fingerprint density at radius 1 is 1.30 bits per heavy atom. The number of hydrogen-bond acceptors (Lipinski definition) is 8. The van der Waals surface area contributed by atoms with Crippen molar-refractivity contribution in [2.24, 2.45) is 0 Å². The second kappa shape index (κ2) is 9.87. The minimum atomic E-state index is -0.991. The van der Waals surface area contributed by atoms with Crippen molar-refractivity contribution < 1.29 is 13.9 Å². The fourth-order valence-corrected chi connectivity index (χ4v) is 4.40. The fourth-order valence-electron chi connectivity index (χ4n) is 4.26. The van der Waals surface area contributed by atoms with Gasteiger partial charge in [0.1, 0.15) is 16.4 Å². The van der Waals surface area contributed by atoms with E-state index in [-0.39, 0.29) is 17.9 Å². The summed E-state index contributed by atoms with van der Waals surface area (Å²) in [5.74, 6) is 1.34. The van der Waals surface area contributed by atoms with Crippen molar-refractivity contribution in [3.8, 4) is 5.82 Å². The summed E-state index contributed by atoms with van der Waals surface area (Å²) >= 11 is 6.27. The standard InChI is InChI=1S/C24H25ClFN9O2/c1-13-6-19(34-33-13)31-22-18(25)11-28-21(32-22)16-7-24(8-16,37-3)23(36)30-14(2)15-4-5-20(27-9-15)35-12-17(26)10-29-35/h4-6,9-12,14,16H,7-8H2,1-3H3,(H,30,36)(H2,28,31,32,33,34)/t14-,16-,24+/m0/s1. The molecule has 1 aliphatic carbocycles. The Hall–Kier alpha value is -3.90. The van der Waals surface area contributed by atoms with E-state index in [2.05, 4.69) is 40.9 Å². The van der Waals surface area contributed by atoms with E-state index in [1.54, 1.807) is 12.3 Å². The number of pyridine rings is 1. The first-order chi connectivity index (χ1) is 17.8. The molecule has 0 unspecified atom stereocenters. The lowest BCUT2D eigenvalue weighted by Gasteiger charge is -2.44. The molecule has 5 rings (SSSR count). The van der Waals surface area contributed by atoms with Crippen molar-refractivity contribution in [2.75, 3.05) is 12.4 Å². The molecule has 3 N–H and O–H groups in total. The molecule has 4 aromatic heterocycles. The highest BCUT2D eigenvalue weighted by molar-refractivity contribution is 6.32. The minimum absolute atomic E-state index is 0.0739. The molecule has 11 nitrogen and oxygen atoms in total. The number of nitrogens with one attached hydrogen (secondary N) is 3. The summed E-state index contributed by atoms with van der Waals surface area (Å²) in [7, 11) is 1.52. The number of carbonyl (C=O) groups is 1. The highest BCUT2D eigenvalue weighted by Gasteiger charge is 2.52. The van der Waals surface area contributed by atoms with E-state index in [0.29, 0.717) is 41.1 Å². The lowest BCUT2D eigenvalue weighted by atomic mass is 9.69. The summed E-state index contributed by atoms with van der Waals surface area (Å²) < 4.78 is 20.2. The van der Waals surface area contributed by atoms with E-state index in [9.17, 15) is 9.18 Å². The number of H-pyrrole nitrogens is 1. The molecule has 4 heterocycles. The molecule has 1 saturated carbocycles. The van der Waals surface area contributed by atoms with Gasteiger partial charge >= 0.3 is 0 Å². The third kappa shape index (κ3) is 5.02. The fraction of sp³-hybridized carbons (Fsp3) is 0.333. The van der Waals surface area contributed by atoms with E-state index in [1.807, 2.05) is 26.0 Å². The monoisotopic (exact) mass is 525 g/mol. The molecule has 192 valence electrons. The lowest BCUT2D eigenvalue weighted by molar-refractivity contribution is -0.158. The highest BCUT2D eigenvalue weighted by Crippen LogP contribution is 2.46. The number of anilines is 2. The van der Waals surface area contributed by atoms with Crippen LogP contribution in [0.25, 0.3) is 5.82 Å². The number of amides is 1. The van der Waals surface area contributed by atoms with Crippen LogP contribution >= 0.6 is 11.6 Å². The molecule has 0 radical (unpaired) electrons. The van der Waals surface area contributed by atoms with Gasteiger partial charge in [0.25, 0.3) is 5.91 Å². The normalized spacial score (nSPS) is 19.8. The maximum absolute atomic E-state index is 13.2. The molecule has 1 amide bonds. The second-order valence-corrected chi connectivity index (χ2v) is 9.44. The molecule has 0 aromatic carbocycles. The van der Waals surface area contributed by atoms with Crippen molar-refractivity contribution in [1.82, 2.24) is 40.2 Å². The van der Waals surface area contributed by atoms with Gasteiger partial charge in [-0.25, -0.2) is 24.0 Å². The van der Waals surface area contributed by atoms with Crippen LogP contribution in [0.15, 0.2) is 43.0 Å². The maximum atomic E-state index is 13.2. The van der Waals surface area contributed by atoms with Gasteiger partial charge in [0.15, 0.2) is 23.3 Å². The van der Waals surface area contributed by atoms with E-state index < -0.39 is 11.4 Å². The molecule has 1 atom stereocenters. The molecular weight excluding hydrogens is 501 g/mol. The topological polar surface area (TPSA) is 136 Å². The molecule has 0 aliphatic heterocycles. The van der Waals surface area contributed by atoms with Gasteiger partial charge in [-0.1, -0.05) is 17.7 Å². The van der Waals surface area contributed by atoms with Gasteiger partial charge in [0.05, 0.1) is 24.6 Å². The average molecular weight is 526 g/mol. The van der Waals surface area contributed by atoms with E-state index in [0.717, 1.165) is 17.5 Å². The number of nitrogens with zero attached hydrogens (tertiary/aromatic N) is 6. The lowest BCUT2D eigenvalue weighted by Crippen LogP contribution is -2.56. The zero-order valence-corrected chi connectivity index (χ0v) is 21.1. The molecule has 1 aliphatic rings. The quantitative estimate of drug-likeness (QED) is 0.316. The van der Waals surface area contributed by atoms with Gasteiger partial charge in [0.2, 0.25) is 0 Å². The van der Waals surface area contributed by atoms with Crippen molar-refractivity contribution in [1.29, 1.82) is 0 Å². The first-order valence-corrected chi connectivity index (χ1v) is 12.0. The van der Waals surface area contributed by atoms with Crippen LogP contribution in [0.4, 0.5) is 16.0 Å². The first-order valence-electron chi connectivity index (χ1n) is 11.6. The molecule has 0 saturated heterocycles. The van der Waals surface area contributed by atoms with Crippen LogP contribution in [0.3, 0.4) is 0 Å². The number of carbonyl (C=O) groups excluding carboxylic acids is 1. The number of rotatable bonds is 8. The number of halogens is 2. The van der Waals surface area contributed by atoms with Gasteiger partial charge < -0.3 is 15.4 Å². The molecule has 13 heteroatoms. The number of aryl methyl sites for hydroxylation is 1. The predicted molar refractivity (Wildman–Crippen MR) is 133 cm³/mol. The van der Waals surface area contributed by atoms with Crippen LogP contribution < -0.4 is 10.6 Å². The molecular formula is C24H25ClFN9O2. The van der Waals surface area contributed by atoms with Crippen LogP contribution in [0.1, 0.15) is 48.8 Å². The van der Waals surface area contributed by atoms with Crippen molar-refractivity contribution in [3.63, 3.8) is 0 Å². The predicted octanol–water partition coefficient (Wildman–Crippen LogP) is 3.76. The van der Waals surface area contributed by atoms with E-state index >= 15 is 0 Å². The van der Waals surface area contributed by atoms with Gasteiger partial charge in [-0.2, -0.15) is 10.2 Å². The Labute approximate surface area is 216 Å². The number of methoxy groups -OCH3 is 1. The zero-order valence-electron chi connectivity index (χ0n) is 20.4. The van der Waals surface area contributed by atoms with Gasteiger partial charge in [-0.3, -0.25) is 9.89 Å². The minimum Gasteiger partial charge on any atom is -0.368 e. The van der Waals surface area contributed by atoms with E-state index in [4.69, 9.17) is 16.3 Å². The third-order valence-corrected chi connectivity index (χ3v) is 6.72.